The molecule has 0 spiro atoms. The lowest BCUT2D eigenvalue weighted by molar-refractivity contribution is 0.373. The van der Waals surface area contributed by atoms with Crippen LogP contribution in [-0.2, 0) is 32.2 Å². The third-order valence-electron chi connectivity index (χ3n) is 5.46. The minimum Gasteiger partial charge on any atom is -0.339 e. The van der Waals surface area contributed by atoms with E-state index in [1.165, 1.54) is 4.88 Å². The summed E-state index contributed by atoms with van der Waals surface area (Å²) >= 11 is 5.13. The zero-order chi connectivity index (χ0) is 22.1. The molecule has 0 radical (unpaired) electrons. The van der Waals surface area contributed by atoms with E-state index in [2.05, 4.69) is 54.3 Å². The number of rotatable bonds is 9. The van der Waals surface area contributed by atoms with Gasteiger partial charge in [-0.1, -0.05) is 31.0 Å². The molecule has 0 atom stereocenters. The average molecular weight is 516 g/mol. The number of thiophene rings is 1. The SMILES string of the molecule is CCCCCn1c2c(c(=O)n3c(CCc4nc(Cc5cccs5)no4)nnc13)CC(Br)=N2. The van der Waals surface area contributed by atoms with Gasteiger partial charge in [-0.25, -0.2) is 9.39 Å². The molecule has 166 valence electrons. The summed E-state index contributed by atoms with van der Waals surface area (Å²) in [7, 11) is 0. The van der Waals surface area contributed by atoms with Crippen molar-refractivity contribution in [2.24, 2.45) is 4.99 Å². The molecule has 11 heteroatoms. The quantitative estimate of drug-likeness (QED) is 0.313. The fourth-order valence-electron chi connectivity index (χ4n) is 3.90. The molecule has 0 aromatic carbocycles. The van der Waals surface area contributed by atoms with Gasteiger partial charge in [-0.3, -0.25) is 9.36 Å². The number of halogens is 1. The Balaban J connectivity index is 1.41. The Hall–Kier alpha value is -2.66. The van der Waals surface area contributed by atoms with E-state index in [0.29, 0.717) is 60.4 Å². The second kappa shape index (κ2) is 9.07. The first-order valence-electron chi connectivity index (χ1n) is 10.7. The molecular formula is C21H22BrN7O2S. The number of aromatic nitrogens is 6. The molecule has 4 aromatic rings. The molecule has 0 unspecified atom stereocenters. The summed E-state index contributed by atoms with van der Waals surface area (Å²) in [5.41, 5.74) is 0.571. The first-order chi connectivity index (χ1) is 15.6. The normalized spacial score (nSPS) is 13.1. The molecule has 5 rings (SSSR count). The third-order valence-corrected chi connectivity index (χ3v) is 6.80. The van der Waals surface area contributed by atoms with Crippen molar-refractivity contribution < 1.29 is 4.52 Å². The zero-order valence-electron chi connectivity index (χ0n) is 17.6. The topological polar surface area (TPSA) is 103 Å². The van der Waals surface area contributed by atoms with Gasteiger partial charge in [0.05, 0.1) is 10.2 Å². The summed E-state index contributed by atoms with van der Waals surface area (Å²) in [4.78, 5) is 23.5. The summed E-state index contributed by atoms with van der Waals surface area (Å²) in [6, 6.07) is 4.06. The standard InChI is InChI=1S/C21H22BrN7O2S/c1-2-3-4-9-28-19-14(12-15(22)23-19)20(30)29-17(25-26-21(28)29)7-8-18-24-16(27-31-18)11-13-6-5-10-32-13/h5-6,10H,2-4,7-9,11-12H2,1H3. The van der Waals surface area contributed by atoms with Gasteiger partial charge < -0.3 is 4.52 Å². The van der Waals surface area contributed by atoms with E-state index >= 15 is 0 Å². The second-order valence-corrected chi connectivity index (χ2v) is 9.69. The smallest absolute Gasteiger partial charge is 0.266 e. The van der Waals surface area contributed by atoms with Crippen molar-refractivity contribution in [3.63, 3.8) is 0 Å². The van der Waals surface area contributed by atoms with Crippen LogP contribution in [0.3, 0.4) is 0 Å². The Bertz CT molecular complexity index is 1340. The lowest BCUT2D eigenvalue weighted by Gasteiger charge is -2.12. The van der Waals surface area contributed by atoms with E-state index in [4.69, 9.17) is 4.52 Å². The zero-order valence-corrected chi connectivity index (χ0v) is 20.0. The van der Waals surface area contributed by atoms with Crippen molar-refractivity contribution in [3.05, 3.63) is 55.8 Å². The number of aryl methyl sites for hydroxylation is 3. The monoisotopic (exact) mass is 515 g/mol. The van der Waals surface area contributed by atoms with Gasteiger partial charge in [0.2, 0.25) is 11.7 Å². The molecule has 5 heterocycles. The highest BCUT2D eigenvalue weighted by Gasteiger charge is 2.25. The minimum atomic E-state index is -0.108. The van der Waals surface area contributed by atoms with Crippen molar-refractivity contribution in [2.75, 3.05) is 0 Å². The Morgan fingerprint density at radius 1 is 1.25 bits per heavy atom. The van der Waals surface area contributed by atoms with Crippen LogP contribution < -0.4 is 5.56 Å². The van der Waals surface area contributed by atoms with Crippen molar-refractivity contribution in [1.29, 1.82) is 0 Å². The van der Waals surface area contributed by atoms with Gasteiger partial charge in [0.15, 0.2) is 5.82 Å². The van der Waals surface area contributed by atoms with Crippen LogP contribution >= 0.6 is 27.3 Å². The Labute approximate surface area is 196 Å². The van der Waals surface area contributed by atoms with Crippen molar-refractivity contribution in [3.8, 4) is 0 Å². The molecule has 1 aliphatic heterocycles. The Morgan fingerprint density at radius 3 is 2.97 bits per heavy atom. The van der Waals surface area contributed by atoms with Gasteiger partial charge in [-0.2, -0.15) is 4.98 Å². The van der Waals surface area contributed by atoms with E-state index in [9.17, 15) is 4.79 Å². The molecule has 0 aliphatic carbocycles. The van der Waals surface area contributed by atoms with Crippen LogP contribution in [0.1, 0.15) is 54.2 Å². The first kappa shape index (κ1) is 21.2. The predicted molar refractivity (Wildman–Crippen MR) is 125 cm³/mol. The maximum absolute atomic E-state index is 13.2. The maximum Gasteiger partial charge on any atom is 0.266 e. The molecule has 32 heavy (non-hydrogen) atoms. The molecule has 4 aromatic heterocycles. The summed E-state index contributed by atoms with van der Waals surface area (Å²) in [5.74, 6) is 3.02. The highest BCUT2D eigenvalue weighted by atomic mass is 79.9. The molecule has 0 bridgehead atoms. The number of fused-ring (bicyclic) bond motifs is 2. The lowest BCUT2D eigenvalue weighted by Crippen LogP contribution is -2.24. The molecule has 0 N–H and O–H groups in total. The Morgan fingerprint density at radius 2 is 2.16 bits per heavy atom. The average Bonchev–Trinajstić information content (AvgIpc) is 3.56. The fraction of sp³-hybridized carbons (Fsp3) is 0.429. The molecule has 0 saturated carbocycles. The van der Waals surface area contributed by atoms with Gasteiger partial charge in [-0.05, 0) is 33.8 Å². The highest BCUT2D eigenvalue weighted by molar-refractivity contribution is 9.18. The molecule has 0 amide bonds. The highest BCUT2D eigenvalue weighted by Crippen LogP contribution is 2.28. The first-order valence-corrected chi connectivity index (χ1v) is 12.4. The Kier molecular flexibility index (Phi) is 6.01. The summed E-state index contributed by atoms with van der Waals surface area (Å²) < 4.78 is 9.81. The van der Waals surface area contributed by atoms with Crippen LogP contribution in [0.25, 0.3) is 5.78 Å². The summed E-state index contributed by atoms with van der Waals surface area (Å²) in [6.45, 7) is 2.91. The number of unbranched alkanes of at least 4 members (excludes halogenated alkanes) is 2. The fourth-order valence-corrected chi connectivity index (χ4v) is 5.05. The lowest BCUT2D eigenvalue weighted by atomic mass is 10.2. The van der Waals surface area contributed by atoms with E-state index in [-0.39, 0.29) is 5.56 Å². The van der Waals surface area contributed by atoms with Crippen LogP contribution in [0.4, 0.5) is 5.82 Å². The van der Waals surface area contributed by atoms with Crippen molar-refractivity contribution in [1.82, 2.24) is 29.3 Å². The number of hydrogen-bond donors (Lipinski definition) is 0. The second-order valence-electron chi connectivity index (χ2n) is 7.74. The summed E-state index contributed by atoms with van der Waals surface area (Å²) in [5, 5.41) is 14.8. The maximum atomic E-state index is 13.2. The van der Waals surface area contributed by atoms with E-state index in [1.807, 2.05) is 16.0 Å². The van der Waals surface area contributed by atoms with Crippen LogP contribution in [0, 0.1) is 0 Å². The van der Waals surface area contributed by atoms with Crippen molar-refractivity contribution >= 4 is 43.5 Å². The summed E-state index contributed by atoms with van der Waals surface area (Å²) in [6.07, 6.45) is 5.32. The van der Waals surface area contributed by atoms with E-state index in [0.717, 1.165) is 30.4 Å². The van der Waals surface area contributed by atoms with Gasteiger partial charge in [0.25, 0.3) is 5.56 Å². The molecular weight excluding hydrogens is 494 g/mol. The van der Waals surface area contributed by atoms with Crippen LogP contribution in [0.2, 0.25) is 0 Å². The predicted octanol–water partition coefficient (Wildman–Crippen LogP) is 3.88. The number of aliphatic imine (C=N–C) groups is 1. The van der Waals surface area contributed by atoms with Gasteiger partial charge in [0.1, 0.15) is 11.6 Å². The van der Waals surface area contributed by atoms with Crippen LogP contribution in [0.5, 0.6) is 0 Å². The molecule has 1 aliphatic rings. The van der Waals surface area contributed by atoms with Crippen LogP contribution in [-0.4, -0.2) is 33.9 Å². The van der Waals surface area contributed by atoms with E-state index in [1.54, 1.807) is 15.7 Å². The van der Waals surface area contributed by atoms with E-state index < -0.39 is 0 Å². The molecule has 0 fully saturated rings. The van der Waals surface area contributed by atoms with Crippen LogP contribution in [0.15, 0.2) is 31.8 Å². The van der Waals surface area contributed by atoms with Gasteiger partial charge in [-0.15, -0.1) is 21.5 Å². The molecule has 0 saturated heterocycles. The minimum absolute atomic E-state index is 0.108. The third kappa shape index (κ3) is 4.06. The molecule has 9 nitrogen and oxygen atoms in total. The number of nitrogens with zero attached hydrogens (tertiary/aromatic N) is 7. The van der Waals surface area contributed by atoms with Gasteiger partial charge >= 0.3 is 0 Å². The van der Waals surface area contributed by atoms with Gasteiger partial charge in [0, 0.05) is 37.1 Å². The largest absolute Gasteiger partial charge is 0.339 e. The number of hydrogen-bond acceptors (Lipinski definition) is 8. The van der Waals surface area contributed by atoms with Crippen molar-refractivity contribution in [2.45, 2.75) is 58.4 Å².